The Balaban J connectivity index is 0.00000137. The van der Waals surface area contributed by atoms with E-state index in [-0.39, 0.29) is 6.04 Å². The van der Waals surface area contributed by atoms with E-state index in [1.165, 1.54) is 0 Å². The minimum absolute atomic E-state index is 0.00579. The van der Waals surface area contributed by atoms with Gasteiger partial charge in [0.25, 0.3) is 0 Å². The lowest BCUT2D eigenvalue weighted by molar-refractivity contribution is -0.177. The second-order valence-corrected chi connectivity index (χ2v) is 4.32. The van der Waals surface area contributed by atoms with Crippen LogP contribution < -0.4 is 5.48 Å². The Morgan fingerprint density at radius 2 is 2.22 bits per heavy atom. The van der Waals surface area contributed by atoms with Crippen LogP contribution >= 0.6 is 0 Å². The summed E-state index contributed by atoms with van der Waals surface area (Å²) in [4.78, 5) is 16.9. The van der Waals surface area contributed by atoms with Gasteiger partial charge in [-0.3, -0.25) is 9.74 Å². The number of hydrogen-bond acceptors (Lipinski definition) is 5. The third-order valence-electron chi connectivity index (χ3n) is 2.72. The zero-order valence-corrected chi connectivity index (χ0v) is 10.7. The Bertz CT molecular complexity index is 274. The second-order valence-electron chi connectivity index (χ2n) is 4.32. The highest BCUT2D eigenvalue weighted by molar-refractivity contribution is 5.70. The van der Waals surface area contributed by atoms with Crippen LogP contribution in [0.4, 0.5) is 4.39 Å². The average Bonchev–Trinajstić information content (AvgIpc) is 2.38. The maximum Gasteiger partial charge on any atom is 0.367 e. The minimum atomic E-state index is -2.30. The van der Waals surface area contributed by atoms with Crippen molar-refractivity contribution in [2.45, 2.75) is 45.1 Å². The maximum absolute atomic E-state index is 12.6. The molecule has 1 saturated heterocycles. The monoisotopic (exact) mass is 261 g/mol. The van der Waals surface area contributed by atoms with Gasteiger partial charge in [0.1, 0.15) is 0 Å². The standard InChI is InChI=1S/C10H19FN2O3.CHN/c1-7(2)13-5-3-4-8(6-13)12-16-9(11)10(14)15;1-2/h7-9,12H,3-6H2,1-2H3,(H,14,15);1H. The van der Waals surface area contributed by atoms with Crippen LogP contribution in [0.1, 0.15) is 26.7 Å². The number of alkyl halides is 1. The van der Waals surface area contributed by atoms with Crippen molar-refractivity contribution in [3.8, 4) is 6.57 Å². The second kappa shape index (κ2) is 8.80. The highest BCUT2D eigenvalue weighted by atomic mass is 19.1. The van der Waals surface area contributed by atoms with Crippen molar-refractivity contribution >= 4 is 5.97 Å². The number of carboxylic acid groups (broad SMARTS) is 1. The third-order valence-corrected chi connectivity index (χ3v) is 2.72. The summed E-state index contributed by atoms with van der Waals surface area (Å²) < 4.78 is 12.6. The van der Waals surface area contributed by atoms with E-state index in [1.807, 2.05) is 0 Å². The molecule has 0 aromatic rings. The van der Waals surface area contributed by atoms with Crippen LogP contribution in [0.25, 0.3) is 0 Å². The Kier molecular flexibility index (Phi) is 8.20. The van der Waals surface area contributed by atoms with Crippen LogP contribution in [0, 0.1) is 11.8 Å². The van der Waals surface area contributed by atoms with Gasteiger partial charge in [0.2, 0.25) is 0 Å². The first-order valence-electron chi connectivity index (χ1n) is 5.78. The molecule has 0 bridgehead atoms. The number of aliphatic carboxylic acids is 1. The zero-order valence-electron chi connectivity index (χ0n) is 10.7. The SMILES string of the molecule is C#N.CC(C)N1CCCC(NOC(F)C(=O)O)C1. The molecule has 104 valence electrons. The van der Waals surface area contributed by atoms with Crippen LogP contribution in [-0.2, 0) is 9.63 Å². The van der Waals surface area contributed by atoms with E-state index in [2.05, 4.69) is 35.6 Å². The van der Waals surface area contributed by atoms with Gasteiger partial charge in [-0.1, -0.05) is 0 Å². The number of piperidine rings is 1. The number of halogens is 1. The van der Waals surface area contributed by atoms with E-state index in [9.17, 15) is 9.18 Å². The van der Waals surface area contributed by atoms with Crippen LogP contribution in [0.15, 0.2) is 0 Å². The topological polar surface area (TPSA) is 85.6 Å². The number of likely N-dealkylation sites (tertiary alicyclic amines) is 1. The summed E-state index contributed by atoms with van der Waals surface area (Å²) in [5, 5.41) is 14.8. The summed E-state index contributed by atoms with van der Waals surface area (Å²) in [5.74, 6) is -1.61. The van der Waals surface area contributed by atoms with Gasteiger partial charge in [0.15, 0.2) is 0 Å². The van der Waals surface area contributed by atoms with Crippen molar-refractivity contribution in [2.75, 3.05) is 13.1 Å². The number of hydroxylamine groups is 1. The average molecular weight is 261 g/mol. The molecule has 1 rings (SSSR count). The van der Waals surface area contributed by atoms with E-state index in [0.717, 1.165) is 25.9 Å². The number of nitrogens with one attached hydrogen (secondary N) is 1. The molecule has 18 heavy (non-hydrogen) atoms. The van der Waals surface area contributed by atoms with Crippen molar-refractivity contribution in [2.24, 2.45) is 0 Å². The fourth-order valence-electron chi connectivity index (χ4n) is 1.78. The summed E-state index contributed by atoms with van der Waals surface area (Å²) in [7, 11) is 0. The Morgan fingerprint density at radius 3 is 2.72 bits per heavy atom. The molecule has 2 atom stereocenters. The number of nitriles is 1. The Morgan fingerprint density at radius 1 is 1.61 bits per heavy atom. The summed E-state index contributed by atoms with van der Waals surface area (Å²) in [6.45, 7) is 9.47. The largest absolute Gasteiger partial charge is 0.477 e. The maximum atomic E-state index is 12.6. The van der Waals surface area contributed by atoms with Gasteiger partial charge in [-0.25, -0.2) is 14.4 Å². The molecule has 0 aromatic heterocycles. The van der Waals surface area contributed by atoms with Gasteiger partial charge in [-0.15, -0.1) is 0 Å². The molecule has 2 unspecified atom stereocenters. The van der Waals surface area contributed by atoms with Gasteiger partial charge in [-0.05, 0) is 33.2 Å². The highest BCUT2D eigenvalue weighted by Gasteiger charge is 2.24. The smallest absolute Gasteiger partial charge is 0.367 e. The lowest BCUT2D eigenvalue weighted by atomic mass is 10.1. The quantitative estimate of drug-likeness (QED) is 0.715. The van der Waals surface area contributed by atoms with E-state index < -0.39 is 12.3 Å². The van der Waals surface area contributed by atoms with Crippen molar-refractivity contribution < 1.29 is 19.1 Å². The molecule has 7 heteroatoms. The van der Waals surface area contributed by atoms with E-state index >= 15 is 0 Å². The molecular formula is C11H20FN3O3. The molecule has 1 aliphatic heterocycles. The fraction of sp³-hybridized carbons (Fsp3) is 0.818. The van der Waals surface area contributed by atoms with Crippen molar-refractivity contribution in [1.29, 1.82) is 5.26 Å². The van der Waals surface area contributed by atoms with Crippen LogP contribution in [0.5, 0.6) is 0 Å². The van der Waals surface area contributed by atoms with Crippen molar-refractivity contribution in [1.82, 2.24) is 10.4 Å². The molecule has 1 heterocycles. The number of nitrogens with zero attached hydrogens (tertiary/aromatic N) is 2. The molecule has 2 N–H and O–H groups in total. The highest BCUT2D eigenvalue weighted by Crippen LogP contribution is 2.13. The first-order valence-corrected chi connectivity index (χ1v) is 5.78. The summed E-state index contributed by atoms with van der Waals surface area (Å²) >= 11 is 0. The minimum Gasteiger partial charge on any atom is -0.477 e. The van der Waals surface area contributed by atoms with Crippen LogP contribution in [0.2, 0.25) is 0 Å². The fourth-order valence-corrected chi connectivity index (χ4v) is 1.78. The molecule has 6 nitrogen and oxygen atoms in total. The molecule has 0 aliphatic carbocycles. The number of carboxylic acids is 1. The summed E-state index contributed by atoms with van der Waals surface area (Å²) in [6, 6.07) is 0.430. The van der Waals surface area contributed by atoms with Gasteiger partial charge >= 0.3 is 12.3 Å². The Hall–Kier alpha value is -1.23. The molecule has 0 spiro atoms. The first kappa shape index (κ1) is 16.8. The third kappa shape index (κ3) is 5.91. The lowest BCUT2D eigenvalue weighted by Crippen LogP contribution is -2.49. The van der Waals surface area contributed by atoms with Gasteiger partial charge in [0, 0.05) is 25.2 Å². The molecule has 0 aromatic carbocycles. The number of carbonyl (C=O) groups is 1. The van der Waals surface area contributed by atoms with Crippen LogP contribution in [0.3, 0.4) is 0 Å². The molecule has 0 saturated carbocycles. The van der Waals surface area contributed by atoms with Crippen molar-refractivity contribution in [3.63, 3.8) is 0 Å². The molecular weight excluding hydrogens is 241 g/mol. The molecule has 1 fully saturated rings. The van der Waals surface area contributed by atoms with E-state index in [0.29, 0.717) is 6.04 Å². The molecule has 0 radical (unpaired) electrons. The first-order chi connectivity index (χ1) is 8.50. The molecule has 0 amide bonds. The van der Waals surface area contributed by atoms with Gasteiger partial charge < -0.3 is 5.11 Å². The summed E-state index contributed by atoms with van der Waals surface area (Å²) in [6.07, 6.45) is -0.423. The normalized spacial score (nSPS) is 22.0. The zero-order chi connectivity index (χ0) is 14.1. The lowest BCUT2D eigenvalue weighted by Gasteiger charge is -2.35. The predicted octanol–water partition coefficient (Wildman–Crippen LogP) is 0.900. The molecule has 1 aliphatic rings. The number of hydrogen-bond donors (Lipinski definition) is 2. The van der Waals surface area contributed by atoms with Crippen LogP contribution in [-0.4, -0.2) is 47.5 Å². The van der Waals surface area contributed by atoms with E-state index in [1.54, 1.807) is 0 Å². The predicted molar refractivity (Wildman–Crippen MR) is 63.2 cm³/mol. The summed E-state index contributed by atoms with van der Waals surface area (Å²) in [5.41, 5.74) is 2.49. The van der Waals surface area contributed by atoms with Gasteiger partial charge in [-0.2, -0.15) is 5.48 Å². The Labute approximate surface area is 106 Å². The van der Waals surface area contributed by atoms with Gasteiger partial charge in [0.05, 0.1) is 0 Å². The van der Waals surface area contributed by atoms with Crippen molar-refractivity contribution in [3.05, 3.63) is 0 Å². The van der Waals surface area contributed by atoms with E-state index in [4.69, 9.17) is 10.4 Å². The number of rotatable bonds is 5.